The molecule has 0 aromatic carbocycles. The zero-order valence-corrected chi connectivity index (χ0v) is 12.9. The molecule has 1 heterocycles. The molecule has 0 radical (unpaired) electrons. The predicted octanol–water partition coefficient (Wildman–Crippen LogP) is 2.00. The lowest BCUT2D eigenvalue weighted by atomic mass is 9.94. The molecule has 6 nitrogen and oxygen atoms in total. The molecular formula is C13H23N5OS. The number of carbonyl (C=O) groups is 1. The highest BCUT2D eigenvalue weighted by atomic mass is 32.2. The molecule has 1 aliphatic carbocycles. The fourth-order valence-corrected chi connectivity index (χ4v) is 3.52. The van der Waals surface area contributed by atoms with Crippen LogP contribution in [0, 0.1) is 0 Å². The van der Waals surface area contributed by atoms with Crippen molar-refractivity contribution in [3.05, 3.63) is 5.82 Å². The van der Waals surface area contributed by atoms with Gasteiger partial charge < -0.3 is 4.90 Å². The highest BCUT2D eigenvalue weighted by Crippen LogP contribution is 2.23. The molecule has 20 heavy (non-hydrogen) atoms. The van der Waals surface area contributed by atoms with Crippen molar-refractivity contribution in [2.45, 2.75) is 57.2 Å². The summed E-state index contributed by atoms with van der Waals surface area (Å²) in [5.41, 5.74) is 0. The van der Waals surface area contributed by atoms with Crippen LogP contribution in [0.25, 0.3) is 0 Å². The topological polar surface area (TPSA) is 74.8 Å². The summed E-state index contributed by atoms with van der Waals surface area (Å²) in [4.78, 5) is 14.4. The Labute approximate surface area is 124 Å². The summed E-state index contributed by atoms with van der Waals surface area (Å²) in [6, 6.07) is 0.477. The molecule has 112 valence electrons. The van der Waals surface area contributed by atoms with E-state index >= 15 is 0 Å². The van der Waals surface area contributed by atoms with E-state index in [0.29, 0.717) is 18.4 Å². The normalized spacial score (nSPS) is 16.2. The Kier molecular flexibility index (Phi) is 6.29. The minimum Gasteiger partial charge on any atom is -0.340 e. The summed E-state index contributed by atoms with van der Waals surface area (Å²) >= 11 is 1.69. The molecule has 1 aliphatic rings. The predicted molar refractivity (Wildman–Crippen MR) is 79.2 cm³/mol. The van der Waals surface area contributed by atoms with E-state index in [1.54, 1.807) is 11.8 Å². The molecule has 1 aromatic rings. The van der Waals surface area contributed by atoms with Gasteiger partial charge in [0.1, 0.15) is 0 Å². The molecule has 1 amide bonds. The molecule has 2 rings (SSSR count). The molecule has 0 unspecified atom stereocenters. The molecule has 0 saturated heterocycles. The van der Waals surface area contributed by atoms with Gasteiger partial charge in [-0.3, -0.25) is 4.79 Å². The van der Waals surface area contributed by atoms with Crippen LogP contribution >= 0.6 is 11.8 Å². The van der Waals surface area contributed by atoms with Crippen molar-refractivity contribution in [1.82, 2.24) is 25.5 Å². The Hall–Kier alpha value is -1.11. The van der Waals surface area contributed by atoms with Gasteiger partial charge in [0.05, 0.1) is 5.75 Å². The van der Waals surface area contributed by atoms with Crippen LogP contribution in [-0.2, 0) is 10.5 Å². The van der Waals surface area contributed by atoms with Gasteiger partial charge in [-0.15, -0.1) is 5.10 Å². The summed E-state index contributed by atoms with van der Waals surface area (Å²) in [6.45, 7) is 2.92. The number of hydrogen-bond donors (Lipinski definition) is 1. The maximum absolute atomic E-state index is 12.3. The average Bonchev–Trinajstić information content (AvgIpc) is 2.99. The van der Waals surface area contributed by atoms with Crippen LogP contribution in [0.1, 0.15) is 51.3 Å². The van der Waals surface area contributed by atoms with Crippen LogP contribution in [0.2, 0.25) is 0 Å². The van der Waals surface area contributed by atoms with Gasteiger partial charge in [0.15, 0.2) is 5.82 Å². The second-order valence-corrected chi connectivity index (χ2v) is 6.23. The monoisotopic (exact) mass is 297 g/mol. The van der Waals surface area contributed by atoms with Gasteiger partial charge in [0.25, 0.3) is 0 Å². The highest BCUT2D eigenvalue weighted by Gasteiger charge is 2.23. The maximum Gasteiger partial charge on any atom is 0.223 e. The zero-order chi connectivity index (χ0) is 14.2. The van der Waals surface area contributed by atoms with Gasteiger partial charge in [0, 0.05) is 24.8 Å². The zero-order valence-electron chi connectivity index (χ0n) is 12.0. The Bertz CT molecular complexity index is 391. The molecule has 1 saturated carbocycles. The van der Waals surface area contributed by atoms with Crippen molar-refractivity contribution in [2.24, 2.45) is 0 Å². The van der Waals surface area contributed by atoms with E-state index < -0.39 is 0 Å². The number of nitrogens with zero attached hydrogens (tertiary/aromatic N) is 4. The maximum atomic E-state index is 12.3. The number of nitrogens with one attached hydrogen (secondary N) is 1. The number of aromatic amines is 1. The number of tetrazole rings is 1. The third kappa shape index (κ3) is 4.47. The first kappa shape index (κ1) is 15.3. The van der Waals surface area contributed by atoms with Crippen LogP contribution in [0.3, 0.4) is 0 Å². The third-order valence-corrected chi connectivity index (χ3v) is 4.74. The number of carbonyl (C=O) groups excluding carboxylic acids is 1. The Morgan fingerprint density at radius 3 is 2.85 bits per heavy atom. The number of H-pyrrole nitrogens is 1. The van der Waals surface area contributed by atoms with Crippen molar-refractivity contribution in [2.75, 3.05) is 12.3 Å². The Morgan fingerprint density at radius 2 is 2.20 bits per heavy atom. The number of amides is 1. The minimum atomic E-state index is 0.294. The first-order chi connectivity index (χ1) is 9.81. The SMILES string of the molecule is CCN(C(=O)CCSCc1nnn[nH]1)C1CCCCC1. The largest absolute Gasteiger partial charge is 0.340 e. The van der Waals surface area contributed by atoms with E-state index in [2.05, 4.69) is 32.4 Å². The molecule has 0 bridgehead atoms. The summed E-state index contributed by atoms with van der Waals surface area (Å²) < 4.78 is 0. The molecule has 1 aromatic heterocycles. The third-order valence-electron chi connectivity index (χ3n) is 3.76. The summed E-state index contributed by atoms with van der Waals surface area (Å²) in [6.07, 6.45) is 6.82. The second kappa shape index (κ2) is 8.24. The van der Waals surface area contributed by atoms with Crippen LogP contribution < -0.4 is 0 Å². The first-order valence-electron chi connectivity index (χ1n) is 7.41. The van der Waals surface area contributed by atoms with Gasteiger partial charge in [-0.2, -0.15) is 11.8 Å². The molecular weight excluding hydrogens is 274 g/mol. The van der Waals surface area contributed by atoms with Gasteiger partial charge in [0.2, 0.25) is 5.91 Å². The number of aromatic nitrogens is 4. The van der Waals surface area contributed by atoms with E-state index in [1.807, 2.05) is 0 Å². The molecule has 1 N–H and O–H groups in total. The van der Waals surface area contributed by atoms with Crippen molar-refractivity contribution in [1.29, 1.82) is 0 Å². The molecule has 0 atom stereocenters. The summed E-state index contributed by atoms with van der Waals surface area (Å²) in [5.74, 6) is 2.61. The van der Waals surface area contributed by atoms with Crippen molar-refractivity contribution in [3.8, 4) is 0 Å². The van der Waals surface area contributed by atoms with Gasteiger partial charge >= 0.3 is 0 Å². The lowest BCUT2D eigenvalue weighted by Gasteiger charge is -2.33. The van der Waals surface area contributed by atoms with Crippen LogP contribution in [0.15, 0.2) is 0 Å². The second-order valence-electron chi connectivity index (χ2n) is 5.12. The van der Waals surface area contributed by atoms with E-state index in [9.17, 15) is 4.79 Å². The first-order valence-corrected chi connectivity index (χ1v) is 8.56. The minimum absolute atomic E-state index is 0.294. The van der Waals surface area contributed by atoms with Gasteiger partial charge in [-0.05, 0) is 30.2 Å². The van der Waals surface area contributed by atoms with Crippen molar-refractivity contribution >= 4 is 17.7 Å². The summed E-state index contributed by atoms with van der Waals surface area (Å²) in [7, 11) is 0. The van der Waals surface area contributed by atoms with Gasteiger partial charge in [-0.1, -0.05) is 19.3 Å². The smallest absolute Gasteiger partial charge is 0.223 e. The van der Waals surface area contributed by atoms with E-state index in [0.717, 1.165) is 23.9 Å². The molecule has 0 spiro atoms. The number of hydrogen-bond acceptors (Lipinski definition) is 5. The average molecular weight is 297 g/mol. The van der Waals surface area contributed by atoms with Crippen molar-refractivity contribution < 1.29 is 4.79 Å². The van der Waals surface area contributed by atoms with Gasteiger partial charge in [-0.25, -0.2) is 5.10 Å². The Balaban J connectivity index is 1.69. The number of rotatable bonds is 7. The van der Waals surface area contributed by atoms with E-state index in [4.69, 9.17) is 0 Å². The van der Waals surface area contributed by atoms with Crippen LogP contribution in [-0.4, -0.2) is 49.8 Å². The molecule has 7 heteroatoms. The lowest BCUT2D eigenvalue weighted by Crippen LogP contribution is -2.41. The van der Waals surface area contributed by atoms with Crippen molar-refractivity contribution in [3.63, 3.8) is 0 Å². The molecule has 0 aliphatic heterocycles. The highest BCUT2D eigenvalue weighted by molar-refractivity contribution is 7.98. The van der Waals surface area contributed by atoms with Crippen LogP contribution in [0.5, 0.6) is 0 Å². The fraction of sp³-hybridized carbons (Fsp3) is 0.846. The lowest BCUT2D eigenvalue weighted by molar-refractivity contribution is -0.133. The Morgan fingerprint density at radius 1 is 1.40 bits per heavy atom. The molecule has 1 fully saturated rings. The van der Waals surface area contributed by atoms with E-state index in [-0.39, 0.29) is 0 Å². The quantitative estimate of drug-likeness (QED) is 0.779. The van der Waals surface area contributed by atoms with Crippen LogP contribution in [0.4, 0.5) is 0 Å². The van der Waals surface area contributed by atoms with E-state index in [1.165, 1.54) is 32.1 Å². The number of thioether (sulfide) groups is 1. The fourth-order valence-electron chi connectivity index (χ4n) is 2.74. The summed E-state index contributed by atoms with van der Waals surface area (Å²) in [5, 5.41) is 13.6. The standard InChI is InChI=1S/C13H23N5OS/c1-2-18(11-6-4-3-5-7-11)13(19)8-9-20-10-12-14-16-17-15-12/h11H,2-10H2,1H3,(H,14,15,16,17).